The highest BCUT2D eigenvalue weighted by Gasteiger charge is 2.09. The van der Waals surface area contributed by atoms with E-state index in [1.807, 2.05) is 0 Å². The number of ether oxygens (including phenoxy) is 3. The lowest BCUT2D eigenvalue weighted by Gasteiger charge is -2.13. The van der Waals surface area contributed by atoms with Gasteiger partial charge in [0.15, 0.2) is 0 Å². The van der Waals surface area contributed by atoms with Gasteiger partial charge >= 0.3 is 5.97 Å². The van der Waals surface area contributed by atoms with Crippen LogP contribution < -0.4 is 0 Å². The first-order chi connectivity index (χ1) is 7.07. The van der Waals surface area contributed by atoms with Crippen molar-refractivity contribution in [2.75, 3.05) is 26.4 Å². The summed E-state index contributed by atoms with van der Waals surface area (Å²) < 4.78 is 14.9. The molecule has 0 radical (unpaired) electrons. The molecule has 0 aromatic carbocycles. The Kier molecular flexibility index (Phi) is 7.89. The molecule has 1 N–H and O–H groups in total. The van der Waals surface area contributed by atoms with Crippen molar-refractivity contribution in [1.82, 2.24) is 0 Å². The molecule has 0 heterocycles. The minimum Gasteiger partial charge on any atom is -0.433 e. The molecule has 5 heteroatoms. The van der Waals surface area contributed by atoms with E-state index in [1.165, 1.54) is 0 Å². The number of aliphatic hydroxyl groups is 1. The number of carbonyl (C=O) groups is 1. The molecule has 0 rings (SSSR count). The second kappa shape index (κ2) is 8.40. The molecule has 5 nitrogen and oxygen atoms in total. The Morgan fingerprint density at radius 3 is 2.60 bits per heavy atom. The fourth-order valence-corrected chi connectivity index (χ4v) is 0.725. The van der Waals surface area contributed by atoms with Gasteiger partial charge in [0.05, 0.1) is 26.4 Å². The fraction of sp³-hybridized carbons (Fsp3) is 0.700. The quantitative estimate of drug-likeness (QED) is 0.278. The highest BCUT2D eigenvalue weighted by molar-refractivity contribution is 5.86. The molecule has 1 atom stereocenters. The van der Waals surface area contributed by atoms with Gasteiger partial charge in [0, 0.05) is 5.57 Å². The van der Waals surface area contributed by atoms with Crippen LogP contribution in [0.2, 0.25) is 0 Å². The molecule has 15 heavy (non-hydrogen) atoms. The zero-order valence-electron chi connectivity index (χ0n) is 9.19. The van der Waals surface area contributed by atoms with Gasteiger partial charge in [0.2, 0.25) is 6.29 Å². The SMILES string of the molecule is C=C(C)C(=O)OC(C)OCCOCCO. The zero-order chi connectivity index (χ0) is 11.7. The van der Waals surface area contributed by atoms with Crippen molar-refractivity contribution < 1.29 is 24.1 Å². The topological polar surface area (TPSA) is 65.0 Å². The summed E-state index contributed by atoms with van der Waals surface area (Å²) in [6.07, 6.45) is -0.619. The second-order valence-electron chi connectivity index (χ2n) is 2.96. The number of esters is 1. The molecule has 0 fully saturated rings. The van der Waals surface area contributed by atoms with Crippen molar-refractivity contribution >= 4 is 5.97 Å². The molecule has 0 amide bonds. The summed E-state index contributed by atoms with van der Waals surface area (Å²) in [5.41, 5.74) is 0.335. The molecule has 0 aliphatic carbocycles. The lowest BCUT2D eigenvalue weighted by atomic mass is 10.4. The van der Waals surface area contributed by atoms with E-state index < -0.39 is 12.3 Å². The molecule has 0 saturated heterocycles. The minimum atomic E-state index is -0.619. The summed E-state index contributed by atoms with van der Waals surface area (Å²) in [4.78, 5) is 11.0. The monoisotopic (exact) mass is 218 g/mol. The Bertz CT molecular complexity index is 202. The van der Waals surface area contributed by atoms with Crippen molar-refractivity contribution in [1.29, 1.82) is 0 Å². The molecular weight excluding hydrogens is 200 g/mol. The van der Waals surface area contributed by atoms with E-state index in [4.69, 9.17) is 19.3 Å². The van der Waals surface area contributed by atoms with Crippen LogP contribution in [-0.4, -0.2) is 43.8 Å². The van der Waals surface area contributed by atoms with Crippen LogP contribution in [0, 0.1) is 0 Å². The number of aliphatic hydroxyl groups excluding tert-OH is 1. The van der Waals surface area contributed by atoms with Gasteiger partial charge < -0.3 is 19.3 Å². The number of rotatable bonds is 8. The van der Waals surface area contributed by atoms with Crippen LogP contribution in [0.25, 0.3) is 0 Å². The molecule has 0 saturated carbocycles. The predicted molar refractivity (Wildman–Crippen MR) is 54.2 cm³/mol. The van der Waals surface area contributed by atoms with Gasteiger partial charge in [-0.25, -0.2) is 4.79 Å². The van der Waals surface area contributed by atoms with Crippen LogP contribution in [0.4, 0.5) is 0 Å². The van der Waals surface area contributed by atoms with Crippen LogP contribution in [0.15, 0.2) is 12.2 Å². The smallest absolute Gasteiger partial charge is 0.335 e. The Morgan fingerprint density at radius 2 is 2.07 bits per heavy atom. The highest BCUT2D eigenvalue weighted by atomic mass is 16.7. The van der Waals surface area contributed by atoms with E-state index in [-0.39, 0.29) is 13.2 Å². The average Bonchev–Trinajstić information content (AvgIpc) is 2.17. The van der Waals surface area contributed by atoms with Crippen molar-refractivity contribution in [2.24, 2.45) is 0 Å². The first-order valence-electron chi connectivity index (χ1n) is 4.74. The fourth-order valence-electron chi connectivity index (χ4n) is 0.725. The summed E-state index contributed by atoms with van der Waals surface area (Å²) in [6.45, 7) is 7.57. The third-order valence-corrected chi connectivity index (χ3v) is 1.44. The predicted octanol–water partition coefficient (Wildman–Crippen LogP) is 0.477. The second-order valence-corrected chi connectivity index (χ2v) is 2.96. The standard InChI is InChI=1S/C10H18O5/c1-8(2)10(12)15-9(3)14-7-6-13-5-4-11/h9,11H,1,4-7H2,2-3H3. The first-order valence-corrected chi connectivity index (χ1v) is 4.74. The Morgan fingerprint density at radius 1 is 1.40 bits per heavy atom. The van der Waals surface area contributed by atoms with Crippen LogP contribution >= 0.6 is 0 Å². The Hall–Kier alpha value is -0.910. The summed E-state index contributed by atoms with van der Waals surface area (Å²) in [6, 6.07) is 0. The van der Waals surface area contributed by atoms with Gasteiger partial charge in [-0.2, -0.15) is 0 Å². The molecular formula is C10H18O5. The molecule has 1 unspecified atom stereocenters. The van der Waals surface area contributed by atoms with Crippen molar-refractivity contribution in [3.05, 3.63) is 12.2 Å². The number of hydrogen-bond donors (Lipinski definition) is 1. The number of hydrogen-bond acceptors (Lipinski definition) is 5. The molecule has 0 bridgehead atoms. The van der Waals surface area contributed by atoms with Gasteiger partial charge in [-0.3, -0.25) is 0 Å². The van der Waals surface area contributed by atoms with E-state index >= 15 is 0 Å². The molecule has 0 aliphatic heterocycles. The van der Waals surface area contributed by atoms with E-state index in [2.05, 4.69) is 6.58 Å². The lowest BCUT2D eigenvalue weighted by molar-refractivity contribution is -0.172. The van der Waals surface area contributed by atoms with E-state index in [0.29, 0.717) is 18.8 Å². The number of carbonyl (C=O) groups excluding carboxylic acids is 1. The first kappa shape index (κ1) is 14.1. The average molecular weight is 218 g/mol. The third-order valence-electron chi connectivity index (χ3n) is 1.44. The maximum Gasteiger partial charge on any atom is 0.335 e. The largest absolute Gasteiger partial charge is 0.433 e. The molecule has 88 valence electrons. The van der Waals surface area contributed by atoms with E-state index in [9.17, 15) is 4.79 Å². The highest BCUT2D eigenvalue weighted by Crippen LogP contribution is 1.99. The van der Waals surface area contributed by atoms with Gasteiger partial charge in [0.25, 0.3) is 0 Å². The van der Waals surface area contributed by atoms with Crippen LogP contribution in [-0.2, 0) is 19.0 Å². The normalized spacial score (nSPS) is 12.2. The van der Waals surface area contributed by atoms with Crippen LogP contribution in [0.1, 0.15) is 13.8 Å². The Balaban J connectivity index is 3.45. The summed E-state index contributed by atoms with van der Waals surface area (Å²) >= 11 is 0. The maximum atomic E-state index is 11.0. The maximum absolute atomic E-state index is 11.0. The summed E-state index contributed by atoms with van der Waals surface area (Å²) in [7, 11) is 0. The Labute approximate surface area is 89.6 Å². The van der Waals surface area contributed by atoms with E-state index in [1.54, 1.807) is 13.8 Å². The molecule has 0 aromatic rings. The van der Waals surface area contributed by atoms with Crippen molar-refractivity contribution in [3.63, 3.8) is 0 Å². The lowest BCUT2D eigenvalue weighted by Crippen LogP contribution is -2.20. The van der Waals surface area contributed by atoms with Gasteiger partial charge in [0.1, 0.15) is 0 Å². The molecule has 0 aromatic heterocycles. The summed E-state index contributed by atoms with van der Waals surface area (Å²) in [5, 5.41) is 8.41. The van der Waals surface area contributed by atoms with Crippen molar-refractivity contribution in [2.45, 2.75) is 20.1 Å². The zero-order valence-corrected chi connectivity index (χ0v) is 9.19. The van der Waals surface area contributed by atoms with Gasteiger partial charge in [-0.15, -0.1) is 0 Å². The minimum absolute atomic E-state index is 0.0137. The van der Waals surface area contributed by atoms with Gasteiger partial charge in [-0.05, 0) is 13.8 Å². The van der Waals surface area contributed by atoms with E-state index in [0.717, 1.165) is 0 Å². The van der Waals surface area contributed by atoms with Crippen LogP contribution in [0.3, 0.4) is 0 Å². The van der Waals surface area contributed by atoms with Crippen LogP contribution in [0.5, 0.6) is 0 Å². The van der Waals surface area contributed by atoms with Crippen molar-refractivity contribution in [3.8, 4) is 0 Å². The molecule has 0 spiro atoms. The summed E-state index contributed by atoms with van der Waals surface area (Å²) in [5.74, 6) is -0.473. The van der Waals surface area contributed by atoms with Gasteiger partial charge in [-0.1, -0.05) is 6.58 Å². The molecule has 0 aliphatic rings. The third kappa shape index (κ3) is 8.11.